The van der Waals surface area contributed by atoms with Crippen LogP contribution >= 0.6 is 77.2 Å². The summed E-state index contributed by atoms with van der Waals surface area (Å²) in [5, 5.41) is 0. The Kier molecular flexibility index (Phi) is 9.52. The second-order valence-electron chi connectivity index (χ2n) is 8.39. The van der Waals surface area contributed by atoms with Crippen LogP contribution in [0.3, 0.4) is 0 Å². The summed E-state index contributed by atoms with van der Waals surface area (Å²) in [4.78, 5) is 5.63. The molecule has 0 aliphatic heterocycles. The largest absolute Gasteiger partial charge is 0.133 e. The lowest BCUT2D eigenvalue weighted by Crippen LogP contribution is -1.83. The van der Waals surface area contributed by atoms with Crippen LogP contribution in [-0.4, -0.2) is 0 Å². The van der Waals surface area contributed by atoms with Gasteiger partial charge in [0.05, 0.1) is 7.57 Å². The zero-order valence-corrected chi connectivity index (χ0v) is 25.2. The third kappa shape index (κ3) is 6.17. The second-order valence-corrected chi connectivity index (χ2v) is 15.3. The lowest BCUT2D eigenvalue weighted by Gasteiger charge is -1.98. The molecule has 32 heavy (non-hydrogen) atoms. The van der Waals surface area contributed by atoms with E-state index in [4.69, 9.17) is 0 Å². The first-order valence-electron chi connectivity index (χ1n) is 11.7. The molecular formula is C26H30Br2S4. The third-order valence-corrected chi connectivity index (χ3v) is 12.4. The maximum atomic E-state index is 3.82. The van der Waals surface area contributed by atoms with Crippen molar-refractivity contribution in [1.29, 1.82) is 0 Å². The molecule has 172 valence electrons. The Morgan fingerprint density at radius 1 is 0.531 bits per heavy atom. The molecule has 0 nitrogen and oxygen atoms in total. The van der Waals surface area contributed by atoms with E-state index < -0.39 is 0 Å². The van der Waals surface area contributed by atoms with Crippen molar-refractivity contribution in [3.05, 3.63) is 43.0 Å². The van der Waals surface area contributed by atoms with E-state index in [1.807, 2.05) is 45.3 Å². The number of halogens is 2. The molecule has 0 N–H and O–H groups in total. The molecule has 4 heterocycles. The van der Waals surface area contributed by atoms with Gasteiger partial charge >= 0.3 is 0 Å². The number of rotatable bonds is 12. The van der Waals surface area contributed by atoms with E-state index in [1.165, 1.54) is 112 Å². The summed E-state index contributed by atoms with van der Waals surface area (Å²) in [7, 11) is 0. The predicted octanol–water partition coefficient (Wildman–Crippen LogP) is 12.2. The van der Waals surface area contributed by atoms with Gasteiger partial charge in [-0.05, 0) is 92.9 Å². The van der Waals surface area contributed by atoms with Crippen LogP contribution in [0.2, 0.25) is 0 Å². The number of unbranched alkanes of at least 4 members (excludes halogenated alkanes) is 6. The van der Waals surface area contributed by atoms with Crippen LogP contribution in [0.5, 0.6) is 0 Å². The SMILES string of the molecule is CCCCCCc1cc(-c2cc3sc(-c4cc(CCCCCC)c(Br)s4)cc3s2)sc1Br. The van der Waals surface area contributed by atoms with E-state index in [-0.39, 0.29) is 0 Å². The van der Waals surface area contributed by atoms with E-state index >= 15 is 0 Å². The molecule has 0 saturated heterocycles. The average Bonchev–Trinajstić information content (AvgIpc) is 3.52. The average molecular weight is 631 g/mol. The van der Waals surface area contributed by atoms with Crippen LogP contribution in [0.15, 0.2) is 31.8 Å². The van der Waals surface area contributed by atoms with Gasteiger partial charge in [0.15, 0.2) is 0 Å². The molecule has 0 unspecified atom stereocenters. The summed E-state index contributed by atoms with van der Waals surface area (Å²) < 4.78 is 5.47. The van der Waals surface area contributed by atoms with Crippen molar-refractivity contribution in [2.45, 2.75) is 78.1 Å². The van der Waals surface area contributed by atoms with E-state index in [2.05, 4.69) is 70.0 Å². The molecule has 0 aromatic carbocycles. The van der Waals surface area contributed by atoms with Gasteiger partial charge in [0.25, 0.3) is 0 Å². The first-order valence-corrected chi connectivity index (χ1v) is 16.5. The molecule has 0 amide bonds. The summed E-state index contributed by atoms with van der Waals surface area (Å²) in [6.07, 6.45) is 12.9. The molecule has 0 aliphatic rings. The number of fused-ring (bicyclic) bond motifs is 1. The van der Waals surface area contributed by atoms with Crippen molar-refractivity contribution in [3.8, 4) is 19.5 Å². The second kappa shape index (κ2) is 12.1. The molecule has 4 aromatic heterocycles. The Balaban J connectivity index is 1.46. The zero-order chi connectivity index (χ0) is 22.5. The van der Waals surface area contributed by atoms with E-state index in [0.29, 0.717) is 0 Å². The Bertz CT molecular complexity index is 1030. The van der Waals surface area contributed by atoms with Gasteiger partial charge in [-0.1, -0.05) is 52.4 Å². The Labute approximate surface area is 225 Å². The smallest absolute Gasteiger partial charge is 0.0737 e. The summed E-state index contributed by atoms with van der Waals surface area (Å²) in [6.45, 7) is 4.55. The number of thiophene rings is 4. The summed E-state index contributed by atoms with van der Waals surface area (Å²) >= 11 is 15.3. The van der Waals surface area contributed by atoms with Crippen molar-refractivity contribution in [2.24, 2.45) is 0 Å². The monoisotopic (exact) mass is 628 g/mol. The normalized spacial score (nSPS) is 11.8. The van der Waals surface area contributed by atoms with E-state index in [1.54, 1.807) is 0 Å². The highest BCUT2D eigenvalue weighted by molar-refractivity contribution is 9.11. The minimum Gasteiger partial charge on any atom is -0.133 e. The van der Waals surface area contributed by atoms with E-state index in [0.717, 1.165) is 0 Å². The van der Waals surface area contributed by atoms with Gasteiger partial charge in [-0.15, -0.1) is 45.3 Å². The lowest BCUT2D eigenvalue weighted by molar-refractivity contribution is 0.667. The Morgan fingerprint density at radius 3 is 1.34 bits per heavy atom. The van der Waals surface area contributed by atoms with Crippen molar-refractivity contribution in [2.75, 3.05) is 0 Å². The molecule has 0 fully saturated rings. The van der Waals surface area contributed by atoms with Gasteiger partial charge < -0.3 is 0 Å². The van der Waals surface area contributed by atoms with Gasteiger partial charge in [-0.3, -0.25) is 0 Å². The lowest BCUT2D eigenvalue weighted by atomic mass is 10.1. The molecule has 0 spiro atoms. The fourth-order valence-corrected chi connectivity index (χ4v) is 10.0. The van der Waals surface area contributed by atoms with Crippen molar-refractivity contribution in [1.82, 2.24) is 0 Å². The van der Waals surface area contributed by atoms with Gasteiger partial charge in [-0.25, -0.2) is 0 Å². The highest BCUT2D eigenvalue weighted by Gasteiger charge is 2.15. The highest BCUT2D eigenvalue weighted by atomic mass is 79.9. The van der Waals surface area contributed by atoms with Crippen molar-refractivity contribution in [3.63, 3.8) is 0 Å². The summed E-state index contributed by atoms with van der Waals surface area (Å²) in [5.74, 6) is 0. The van der Waals surface area contributed by atoms with Crippen LogP contribution in [0.4, 0.5) is 0 Å². The van der Waals surface area contributed by atoms with Crippen LogP contribution in [0.25, 0.3) is 28.9 Å². The van der Waals surface area contributed by atoms with Crippen molar-refractivity contribution < 1.29 is 0 Å². The van der Waals surface area contributed by atoms with Gasteiger partial charge in [-0.2, -0.15) is 0 Å². The maximum Gasteiger partial charge on any atom is 0.0737 e. The van der Waals surface area contributed by atoms with Crippen molar-refractivity contribution >= 4 is 86.6 Å². The molecule has 0 radical (unpaired) electrons. The fourth-order valence-electron chi connectivity index (χ4n) is 3.96. The minimum atomic E-state index is 1.19. The molecule has 0 atom stereocenters. The minimum absolute atomic E-state index is 1.19. The van der Waals surface area contributed by atoms with Crippen LogP contribution in [0, 0.1) is 0 Å². The highest BCUT2D eigenvalue weighted by Crippen LogP contribution is 2.47. The summed E-state index contributed by atoms with van der Waals surface area (Å²) in [5.41, 5.74) is 2.96. The first-order chi connectivity index (χ1) is 15.6. The third-order valence-electron chi connectivity index (χ3n) is 5.81. The Hall–Kier alpha value is 0.0200. The molecule has 4 aromatic rings. The molecule has 0 aliphatic carbocycles. The number of aryl methyl sites for hydroxylation is 2. The zero-order valence-electron chi connectivity index (χ0n) is 18.8. The standard InChI is InChI=1S/C26H30Br2S4/c1-3-5-7-9-11-17-13-19(31-25(17)27)21-15-23-24(29-21)16-22(30-23)20-14-18(26(28)32-20)12-10-8-6-4-2/h13-16H,3-12H2,1-2H3. The molecule has 0 bridgehead atoms. The molecule has 4 rings (SSSR count). The van der Waals surface area contributed by atoms with Gasteiger partial charge in [0.1, 0.15) is 0 Å². The number of hydrogen-bond acceptors (Lipinski definition) is 4. The van der Waals surface area contributed by atoms with E-state index in [9.17, 15) is 0 Å². The van der Waals surface area contributed by atoms with Crippen LogP contribution in [-0.2, 0) is 12.8 Å². The summed E-state index contributed by atoms with van der Waals surface area (Å²) in [6, 6.07) is 9.64. The van der Waals surface area contributed by atoms with Gasteiger partial charge in [0, 0.05) is 28.9 Å². The first kappa shape index (κ1) is 25.1. The molecule has 0 saturated carbocycles. The van der Waals surface area contributed by atoms with Crippen LogP contribution in [0.1, 0.15) is 76.3 Å². The molecule has 6 heteroatoms. The Morgan fingerprint density at radius 2 is 0.938 bits per heavy atom. The van der Waals surface area contributed by atoms with Gasteiger partial charge in [0.2, 0.25) is 0 Å². The maximum absolute atomic E-state index is 3.82. The topological polar surface area (TPSA) is 0 Å². The molecular weight excluding hydrogens is 600 g/mol. The number of hydrogen-bond donors (Lipinski definition) is 0. The quantitative estimate of drug-likeness (QED) is 0.137. The predicted molar refractivity (Wildman–Crippen MR) is 157 cm³/mol. The van der Waals surface area contributed by atoms with Crippen LogP contribution < -0.4 is 0 Å². The fraction of sp³-hybridized carbons (Fsp3) is 0.462.